The minimum atomic E-state index is 0.347. The first-order valence-corrected chi connectivity index (χ1v) is 5.97. The number of hydrogen-bond donors (Lipinski definition) is 1. The average Bonchev–Trinajstić information content (AvgIpc) is 2.79. The molecular weight excluding hydrogens is 244 g/mol. The van der Waals surface area contributed by atoms with Gasteiger partial charge in [-0.3, -0.25) is 4.68 Å². The lowest BCUT2D eigenvalue weighted by Crippen LogP contribution is -2.01. The second-order valence-corrected chi connectivity index (χ2v) is 4.14. The van der Waals surface area contributed by atoms with E-state index in [1.54, 1.807) is 18.9 Å². The smallest absolute Gasteiger partial charge is 0.164 e. The van der Waals surface area contributed by atoms with Gasteiger partial charge in [0.2, 0.25) is 0 Å². The van der Waals surface area contributed by atoms with E-state index in [4.69, 9.17) is 15.2 Å². The molecule has 0 amide bonds. The Hall–Kier alpha value is -2.08. The summed E-state index contributed by atoms with van der Waals surface area (Å²) in [5, 5.41) is 4.23. The summed E-state index contributed by atoms with van der Waals surface area (Å²) in [6.45, 7) is 0.347. The maximum Gasteiger partial charge on any atom is 0.164 e. The second kappa shape index (κ2) is 5.71. The summed E-state index contributed by atoms with van der Waals surface area (Å²) in [6.07, 6.45) is 0.670. The molecule has 6 heteroatoms. The van der Waals surface area contributed by atoms with Crippen molar-refractivity contribution in [2.45, 2.75) is 13.0 Å². The fraction of sp³-hybridized carbons (Fsp3) is 0.385. The van der Waals surface area contributed by atoms with Gasteiger partial charge in [-0.05, 0) is 17.7 Å². The van der Waals surface area contributed by atoms with Crippen LogP contribution in [0, 0.1) is 0 Å². The van der Waals surface area contributed by atoms with Gasteiger partial charge in [0.15, 0.2) is 17.3 Å². The van der Waals surface area contributed by atoms with Crippen molar-refractivity contribution in [1.82, 2.24) is 14.8 Å². The molecule has 1 heterocycles. The van der Waals surface area contributed by atoms with Crippen LogP contribution < -0.4 is 15.2 Å². The maximum atomic E-state index is 5.53. The molecule has 0 aliphatic heterocycles. The van der Waals surface area contributed by atoms with Gasteiger partial charge >= 0.3 is 0 Å². The van der Waals surface area contributed by atoms with Crippen LogP contribution in [-0.2, 0) is 20.0 Å². The lowest BCUT2D eigenvalue weighted by molar-refractivity contribution is 0.354. The van der Waals surface area contributed by atoms with Gasteiger partial charge in [-0.1, -0.05) is 6.07 Å². The van der Waals surface area contributed by atoms with E-state index in [2.05, 4.69) is 10.1 Å². The van der Waals surface area contributed by atoms with E-state index in [1.807, 2.05) is 25.2 Å². The van der Waals surface area contributed by atoms with Crippen LogP contribution in [0.15, 0.2) is 18.2 Å². The highest BCUT2D eigenvalue weighted by Crippen LogP contribution is 2.28. The Labute approximate surface area is 112 Å². The third-order valence-electron chi connectivity index (χ3n) is 2.89. The fourth-order valence-electron chi connectivity index (χ4n) is 1.89. The zero-order valence-electron chi connectivity index (χ0n) is 11.4. The Morgan fingerprint density at radius 1 is 1.21 bits per heavy atom. The molecule has 2 N–H and O–H groups in total. The number of aryl methyl sites for hydroxylation is 1. The topological polar surface area (TPSA) is 75.2 Å². The van der Waals surface area contributed by atoms with Crippen LogP contribution in [0.3, 0.4) is 0 Å². The molecule has 1 aromatic heterocycles. The van der Waals surface area contributed by atoms with Crippen molar-refractivity contribution in [1.29, 1.82) is 0 Å². The first-order chi connectivity index (χ1) is 9.17. The molecule has 1 aromatic carbocycles. The molecule has 0 radical (unpaired) electrons. The number of ether oxygens (including phenoxy) is 2. The number of methoxy groups -OCH3 is 2. The molecule has 0 fully saturated rings. The molecule has 0 atom stereocenters. The molecule has 0 aliphatic carbocycles. The minimum Gasteiger partial charge on any atom is -0.493 e. The zero-order chi connectivity index (χ0) is 13.8. The SMILES string of the molecule is COc1ccc(Cc2nc(CN)nn2C)cc1OC. The summed E-state index contributed by atoms with van der Waals surface area (Å²) in [5.41, 5.74) is 6.61. The zero-order valence-corrected chi connectivity index (χ0v) is 11.4. The van der Waals surface area contributed by atoms with Crippen LogP contribution in [-0.4, -0.2) is 29.0 Å². The first kappa shape index (κ1) is 13.4. The summed E-state index contributed by atoms with van der Waals surface area (Å²) in [4.78, 5) is 4.38. The van der Waals surface area contributed by atoms with E-state index < -0.39 is 0 Å². The van der Waals surface area contributed by atoms with E-state index in [9.17, 15) is 0 Å². The normalized spacial score (nSPS) is 10.5. The molecule has 0 saturated carbocycles. The highest BCUT2D eigenvalue weighted by molar-refractivity contribution is 5.43. The number of hydrogen-bond acceptors (Lipinski definition) is 5. The van der Waals surface area contributed by atoms with E-state index in [0.29, 0.717) is 30.3 Å². The standard InChI is InChI=1S/C13H18N4O2/c1-17-13(15-12(8-14)16-17)7-9-4-5-10(18-2)11(6-9)19-3/h4-6H,7-8,14H2,1-3H3. The van der Waals surface area contributed by atoms with Crippen LogP contribution in [0.1, 0.15) is 17.2 Å². The second-order valence-electron chi connectivity index (χ2n) is 4.14. The molecule has 2 aromatic rings. The van der Waals surface area contributed by atoms with Crippen molar-refractivity contribution < 1.29 is 9.47 Å². The summed E-state index contributed by atoms with van der Waals surface area (Å²) in [6, 6.07) is 5.81. The lowest BCUT2D eigenvalue weighted by atomic mass is 10.1. The van der Waals surface area contributed by atoms with Crippen molar-refractivity contribution in [2.24, 2.45) is 12.8 Å². The fourth-order valence-corrected chi connectivity index (χ4v) is 1.89. The van der Waals surface area contributed by atoms with Crippen LogP contribution in [0.25, 0.3) is 0 Å². The summed E-state index contributed by atoms with van der Waals surface area (Å²) < 4.78 is 12.2. The molecule has 6 nitrogen and oxygen atoms in total. The summed E-state index contributed by atoms with van der Waals surface area (Å²) >= 11 is 0. The minimum absolute atomic E-state index is 0.347. The molecule has 0 unspecified atom stereocenters. The Balaban J connectivity index is 2.25. The van der Waals surface area contributed by atoms with Crippen LogP contribution in [0.2, 0.25) is 0 Å². The number of rotatable bonds is 5. The molecule has 0 spiro atoms. The number of nitrogens with two attached hydrogens (primary N) is 1. The third-order valence-corrected chi connectivity index (χ3v) is 2.89. The number of nitrogens with zero attached hydrogens (tertiary/aromatic N) is 3. The summed E-state index contributed by atoms with van der Waals surface area (Å²) in [7, 11) is 5.10. The molecule has 2 rings (SSSR count). The van der Waals surface area contributed by atoms with Crippen molar-refractivity contribution in [2.75, 3.05) is 14.2 Å². The van der Waals surface area contributed by atoms with Crippen molar-refractivity contribution in [3.63, 3.8) is 0 Å². The maximum absolute atomic E-state index is 5.53. The van der Waals surface area contributed by atoms with E-state index >= 15 is 0 Å². The van der Waals surface area contributed by atoms with Crippen LogP contribution in [0.5, 0.6) is 11.5 Å². The van der Waals surface area contributed by atoms with E-state index in [-0.39, 0.29) is 0 Å². The lowest BCUT2D eigenvalue weighted by Gasteiger charge is -2.09. The van der Waals surface area contributed by atoms with Crippen LogP contribution >= 0.6 is 0 Å². The highest BCUT2D eigenvalue weighted by Gasteiger charge is 2.09. The molecule has 0 bridgehead atoms. The third kappa shape index (κ3) is 2.85. The van der Waals surface area contributed by atoms with Gasteiger partial charge < -0.3 is 15.2 Å². The number of aromatic nitrogens is 3. The highest BCUT2D eigenvalue weighted by atomic mass is 16.5. The van der Waals surface area contributed by atoms with Crippen molar-refractivity contribution in [3.8, 4) is 11.5 Å². The van der Waals surface area contributed by atoms with Gasteiger partial charge in [0.1, 0.15) is 5.82 Å². The molecule has 0 saturated heterocycles. The Morgan fingerprint density at radius 3 is 2.53 bits per heavy atom. The Bertz CT molecular complexity index is 566. The average molecular weight is 262 g/mol. The van der Waals surface area contributed by atoms with Crippen molar-refractivity contribution in [3.05, 3.63) is 35.4 Å². The van der Waals surface area contributed by atoms with Gasteiger partial charge in [0, 0.05) is 13.5 Å². The van der Waals surface area contributed by atoms with Gasteiger partial charge in [0.25, 0.3) is 0 Å². The molecule has 102 valence electrons. The monoisotopic (exact) mass is 262 g/mol. The first-order valence-electron chi connectivity index (χ1n) is 5.97. The van der Waals surface area contributed by atoms with Gasteiger partial charge in [-0.15, -0.1) is 0 Å². The molecule has 19 heavy (non-hydrogen) atoms. The van der Waals surface area contributed by atoms with Gasteiger partial charge in [0.05, 0.1) is 20.8 Å². The predicted octanol–water partition coefficient (Wildman–Crippen LogP) is 0.882. The quantitative estimate of drug-likeness (QED) is 0.865. The van der Waals surface area contributed by atoms with Gasteiger partial charge in [-0.2, -0.15) is 5.10 Å². The van der Waals surface area contributed by atoms with E-state index in [1.165, 1.54) is 0 Å². The summed E-state index contributed by atoms with van der Waals surface area (Å²) in [5.74, 6) is 2.94. The van der Waals surface area contributed by atoms with Crippen LogP contribution in [0.4, 0.5) is 0 Å². The largest absolute Gasteiger partial charge is 0.493 e. The van der Waals surface area contributed by atoms with Gasteiger partial charge in [-0.25, -0.2) is 4.98 Å². The Morgan fingerprint density at radius 2 is 1.95 bits per heavy atom. The van der Waals surface area contributed by atoms with E-state index in [0.717, 1.165) is 11.4 Å². The predicted molar refractivity (Wildman–Crippen MR) is 71.2 cm³/mol. The number of benzene rings is 1. The van der Waals surface area contributed by atoms with Crippen molar-refractivity contribution >= 4 is 0 Å². The molecule has 0 aliphatic rings. The Kier molecular flexibility index (Phi) is 4.01. The molecular formula is C13H18N4O2.